The van der Waals surface area contributed by atoms with Gasteiger partial charge in [-0.25, -0.2) is 0 Å². The SMILES string of the molecule is COc1cc(CNc2ccc(Oc3ccccc3)cc2)ccc1OCC(N)=O. The third-order valence-corrected chi connectivity index (χ3v) is 3.93. The van der Waals surface area contributed by atoms with Gasteiger partial charge < -0.3 is 25.3 Å². The molecule has 0 aromatic heterocycles. The van der Waals surface area contributed by atoms with Crippen molar-refractivity contribution in [2.75, 3.05) is 19.0 Å². The normalized spacial score (nSPS) is 10.2. The van der Waals surface area contributed by atoms with Gasteiger partial charge in [0.25, 0.3) is 5.91 Å². The maximum Gasteiger partial charge on any atom is 0.255 e. The fourth-order valence-corrected chi connectivity index (χ4v) is 2.56. The van der Waals surface area contributed by atoms with Crippen molar-refractivity contribution in [1.82, 2.24) is 0 Å². The second-order valence-corrected chi connectivity index (χ2v) is 6.03. The molecule has 0 aliphatic heterocycles. The van der Waals surface area contributed by atoms with Crippen molar-refractivity contribution in [2.45, 2.75) is 6.54 Å². The highest BCUT2D eigenvalue weighted by molar-refractivity contribution is 5.75. The van der Waals surface area contributed by atoms with Crippen LogP contribution in [0.4, 0.5) is 5.69 Å². The first-order valence-corrected chi connectivity index (χ1v) is 8.79. The largest absolute Gasteiger partial charge is 0.493 e. The van der Waals surface area contributed by atoms with Gasteiger partial charge in [-0.2, -0.15) is 0 Å². The van der Waals surface area contributed by atoms with Crippen LogP contribution in [0.3, 0.4) is 0 Å². The summed E-state index contributed by atoms with van der Waals surface area (Å²) in [6.07, 6.45) is 0. The predicted molar refractivity (Wildman–Crippen MR) is 108 cm³/mol. The molecule has 144 valence electrons. The van der Waals surface area contributed by atoms with Gasteiger partial charge in [0.05, 0.1) is 7.11 Å². The molecule has 0 aliphatic rings. The minimum absolute atomic E-state index is 0.189. The maximum absolute atomic E-state index is 10.9. The lowest BCUT2D eigenvalue weighted by atomic mass is 10.2. The van der Waals surface area contributed by atoms with E-state index in [4.69, 9.17) is 19.9 Å². The first-order chi connectivity index (χ1) is 13.6. The molecule has 0 heterocycles. The fourth-order valence-electron chi connectivity index (χ4n) is 2.56. The Morgan fingerprint density at radius 3 is 2.32 bits per heavy atom. The molecule has 3 rings (SSSR count). The van der Waals surface area contributed by atoms with Crippen LogP contribution < -0.4 is 25.3 Å². The van der Waals surface area contributed by atoms with E-state index < -0.39 is 5.91 Å². The molecular weight excluding hydrogens is 356 g/mol. The number of hydrogen-bond acceptors (Lipinski definition) is 5. The number of benzene rings is 3. The number of amides is 1. The van der Waals surface area contributed by atoms with Crippen molar-refractivity contribution in [3.05, 3.63) is 78.4 Å². The Labute approximate surface area is 163 Å². The van der Waals surface area contributed by atoms with Crippen LogP contribution in [-0.2, 0) is 11.3 Å². The Morgan fingerprint density at radius 1 is 0.929 bits per heavy atom. The molecule has 6 nitrogen and oxygen atoms in total. The van der Waals surface area contributed by atoms with E-state index in [1.807, 2.05) is 66.7 Å². The van der Waals surface area contributed by atoms with E-state index in [0.29, 0.717) is 18.0 Å². The Bertz CT molecular complexity index is 912. The van der Waals surface area contributed by atoms with Crippen LogP contribution in [0.15, 0.2) is 72.8 Å². The van der Waals surface area contributed by atoms with E-state index >= 15 is 0 Å². The summed E-state index contributed by atoms with van der Waals surface area (Å²) in [6.45, 7) is 0.413. The third-order valence-electron chi connectivity index (χ3n) is 3.93. The number of ether oxygens (including phenoxy) is 3. The lowest BCUT2D eigenvalue weighted by Crippen LogP contribution is -2.20. The van der Waals surface area contributed by atoms with Crippen molar-refractivity contribution >= 4 is 11.6 Å². The van der Waals surface area contributed by atoms with Crippen molar-refractivity contribution in [3.63, 3.8) is 0 Å². The molecule has 0 fully saturated rings. The number of hydrogen-bond donors (Lipinski definition) is 2. The zero-order chi connectivity index (χ0) is 19.8. The van der Waals surface area contributed by atoms with E-state index in [1.165, 1.54) is 0 Å². The summed E-state index contributed by atoms with van der Waals surface area (Å²) in [5.41, 5.74) is 7.08. The number of nitrogens with one attached hydrogen (secondary N) is 1. The number of para-hydroxylation sites is 1. The number of rotatable bonds is 9. The molecule has 0 saturated heterocycles. The first-order valence-electron chi connectivity index (χ1n) is 8.79. The summed E-state index contributed by atoms with van der Waals surface area (Å²) in [7, 11) is 1.55. The van der Waals surface area contributed by atoms with Crippen LogP contribution in [0.2, 0.25) is 0 Å². The number of nitrogens with two attached hydrogens (primary N) is 1. The summed E-state index contributed by atoms with van der Waals surface area (Å²) in [6, 6.07) is 22.9. The number of primary amides is 1. The van der Waals surface area contributed by atoms with Gasteiger partial charge in [0.2, 0.25) is 0 Å². The average molecular weight is 378 g/mol. The van der Waals surface area contributed by atoms with Gasteiger partial charge in [-0.15, -0.1) is 0 Å². The fraction of sp³-hybridized carbons (Fsp3) is 0.136. The van der Waals surface area contributed by atoms with Crippen molar-refractivity contribution in [2.24, 2.45) is 5.73 Å². The topological polar surface area (TPSA) is 82.8 Å². The van der Waals surface area contributed by atoms with E-state index in [0.717, 1.165) is 22.7 Å². The molecule has 3 N–H and O–H groups in total. The Balaban J connectivity index is 1.58. The van der Waals surface area contributed by atoms with Gasteiger partial charge in [0.1, 0.15) is 11.5 Å². The number of anilines is 1. The van der Waals surface area contributed by atoms with Crippen LogP contribution in [-0.4, -0.2) is 19.6 Å². The van der Waals surface area contributed by atoms with E-state index in [9.17, 15) is 4.79 Å². The molecule has 0 unspecified atom stereocenters. The molecule has 3 aromatic carbocycles. The number of carbonyl (C=O) groups is 1. The van der Waals surface area contributed by atoms with Gasteiger partial charge in [-0.3, -0.25) is 4.79 Å². The highest BCUT2D eigenvalue weighted by atomic mass is 16.5. The van der Waals surface area contributed by atoms with Gasteiger partial charge in [0, 0.05) is 12.2 Å². The van der Waals surface area contributed by atoms with Gasteiger partial charge in [-0.05, 0) is 54.1 Å². The number of carbonyl (C=O) groups excluding carboxylic acids is 1. The molecule has 6 heteroatoms. The van der Waals surface area contributed by atoms with Crippen LogP contribution in [0.25, 0.3) is 0 Å². The summed E-state index contributed by atoms with van der Waals surface area (Å²) in [4.78, 5) is 10.9. The summed E-state index contributed by atoms with van der Waals surface area (Å²) >= 11 is 0. The second-order valence-electron chi connectivity index (χ2n) is 6.03. The molecule has 3 aromatic rings. The highest BCUT2D eigenvalue weighted by Gasteiger charge is 2.07. The van der Waals surface area contributed by atoms with E-state index in [2.05, 4.69) is 5.32 Å². The Morgan fingerprint density at radius 2 is 1.64 bits per heavy atom. The minimum Gasteiger partial charge on any atom is -0.493 e. The van der Waals surface area contributed by atoms with Gasteiger partial charge >= 0.3 is 0 Å². The molecule has 0 bridgehead atoms. The summed E-state index contributed by atoms with van der Waals surface area (Å²) < 4.78 is 16.4. The predicted octanol–water partition coefficient (Wildman–Crippen LogP) is 3.96. The van der Waals surface area contributed by atoms with Gasteiger partial charge in [-0.1, -0.05) is 24.3 Å². The van der Waals surface area contributed by atoms with Crippen molar-refractivity contribution < 1.29 is 19.0 Å². The summed E-state index contributed by atoms with van der Waals surface area (Å²) in [5.74, 6) is 2.07. The van der Waals surface area contributed by atoms with Crippen LogP contribution in [0.5, 0.6) is 23.0 Å². The molecule has 0 spiro atoms. The minimum atomic E-state index is -0.535. The van der Waals surface area contributed by atoms with Crippen LogP contribution in [0.1, 0.15) is 5.56 Å². The zero-order valence-electron chi connectivity index (χ0n) is 15.6. The molecule has 1 amide bonds. The van der Waals surface area contributed by atoms with E-state index in [1.54, 1.807) is 13.2 Å². The lowest BCUT2D eigenvalue weighted by molar-refractivity contribution is -0.119. The molecular formula is C22H22N2O4. The van der Waals surface area contributed by atoms with E-state index in [-0.39, 0.29) is 6.61 Å². The quantitative estimate of drug-likeness (QED) is 0.589. The highest BCUT2D eigenvalue weighted by Crippen LogP contribution is 2.28. The first kappa shape index (κ1) is 19.1. The Hall–Kier alpha value is -3.67. The molecule has 0 saturated carbocycles. The molecule has 0 radical (unpaired) electrons. The molecule has 28 heavy (non-hydrogen) atoms. The third kappa shape index (κ3) is 5.41. The van der Waals surface area contributed by atoms with Crippen molar-refractivity contribution in [1.29, 1.82) is 0 Å². The Kier molecular flexibility index (Phi) is 6.36. The van der Waals surface area contributed by atoms with Crippen molar-refractivity contribution in [3.8, 4) is 23.0 Å². The standard InChI is InChI=1S/C22H22N2O4/c1-26-21-13-16(7-12-20(21)27-15-22(23)25)14-24-17-8-10-19(11-9-17)28-18-5-3-2-4-6-18/h2-13,24H,14-15H2,1H3,(H2,23,25). The molecule has 0 aliphatic carbocycles. The smallest absolute Gasteiger partial charge is 0.255 e. The second kappa shape index (κ2) is 9.32. The summed E-state index contributed by atoms with van der Waals surface area (Å²) in [5, 5.41) is 3.35. The van der Waals surface area contributed by atoms with Gasteiger partial charge in [0.15, 0.2) is 18.1 Å². The maximum atomic E-state index is 10.9. The van der Waals surface area contributed by atoms with Crippen LogP contribution >= 0.6 is 0 Å². The zero-order valence-corrected chi connectivity index (χ0v) is 15.6. The molecule has 0 atom stereocenters. The monoisotopic (exact) mass is 378 g/mol. The number of methoxy groups -OCH3 is 1. The average Bonchev–Trinajstić information content (AvgIpc) is 2.72. The lowest BCUT2D eigenvalue weighted by Gasteiger charge is -2.12. The van der Waals surface area contributed by atoms with Crippen LogP contribution in [0, 0.1) is 0 Å².